The Labute approximate surface area is 203 Å². The molecule has 4 aliphatic rings. The summed E-state index contributed by atoms with van der Waals surface area (Å²) in [7, 11) is 1.31. The van der Waals surface area contributed by atoms with Gasteiger partial charge in [-0.2, -0.15) is 0 Å². The molecule has 0 bridgehead atoms. The SMILES string of the molecule is COC(=O)[C@]1(Cl)CC[C@]2(C)[C@H](CC[C@@H]3[C@@]4(C)CC[C@H](OC(C)=O)C(C)(C)[C@@H]4CC[C@]32C)C1=O. The van der Waals surface area contributed by atoms with Crippen molar-refractivity contribution in [2.45, 2.75) is 104 Å². The predicted octanol–water partition coefficient (Wildman–Crippen LogP) is 5.71. The zero-order valence-corrected chi connectivity index (χ0v) is 22.1. The number of ketones is 1. The highest BCUT2D eigenvalue weighted by Crippen LogP contribution is 2.74. The van der Waals surface area contributed by atoms with Gasteiger partial charge in [-0.3, -0.25) is 9.59 Å². The van der Waals surface area contributed by atoms with Crippen molar-refractivity contribution in [3.05, 3.63) is 0 Å². The van der Waals surface area contributed by atoms with Crippen LogP contribution in [0.4, 0.5) is 0 Å². The number of methoxy groups -OCH3 is 1. The van der Waals surface area contributed by atoms with Crippen LogP contribution < -0.4 is 0 Å². The second-order valence-corrected chi connectivity index (χ2v) is 13.4. The molecule has 0 spiro atoms. The van der Waals surface area contributed by atoms with Crippen LogP contribution in [0.15, 0.2) is 0 Å². The third kappa shape index (κ3) is 3.19. The predicted molar refractivity (Wildman–Crippen MR) is 127 cm³/mol. The van der Waals surface area contributed by atoms with E-state index in [-0.39, 0.29) is 45.4 Å². The maximum Gasteiger partial charge on any atom is 0.334 e. The fourth-order valence-corrected chi connectivity index (χ4v) is 9.70. The zero-order valence-electron chi connectivity index (χ0n) is 21.4. The van der Waals surface area contributed by atoms with E-state index in [4.69, 9.17) is 21.1 Å². The van der Waals surface area contributed by atoms with Gasteiger partial charge in [0.05, 0.1) is 7.11 Å². The molecule has 186 valence electrons. The Hall–Kier alpha value is -1.10. The van der Waals surface area contributed by atoms with Crippen LogP contribution in [0.1, 0.15) is 92.9 Å². The number of ether oxygens (including phenoxy) is 2. The number of Topliss-reactive ketones (excluding diaryl/α,β-unsaturated/α-hetero) is 1. The molecule has 0 radical (unpaired) electrons. The van der Waals surface area contributed by atoms with E-state index in [0.717, 1.165) is 44.9 Å². The number of alkyl halides is 1. The highest BCUT2D eigenvalue weighted by atomic mass is 35.5. The molecule has 0 aromatic carbocycles. The number of hydrogen-bond acceptors (Lipinski definition) is 5. The van der Waals surface area contributed by atoms with Gasteiger partial charge in [-0.15, -0.1) is 0 Å². The van der Waals surface area contributed by atoms with Crippen molar-refractivity contribution in [3.8, 4) is 0 Å². The largest absolute Gasteiger partial charge is 0.467 e. The lowest BCUT2D eigenvalue weighted by atomic mass is 9.34. The van der Waals surface area contributed by atoms with Crippen molar-refractivity contribution < 1.29 is 23.9 Å². The Balaban J connectivity index is 1.68. The topological polar surface area (TPSA) is 69.7 Å². The first-order chi connectivity index (χ1) is 15.2. The van der Waals surface area contributed by atoms with Gasteiger partial charge in [0.15, 0.2) is 10.7 Å². The smallest absolute Gasteiger partial charge is 0.334 e. The number of carbonyl (C=O) groups is 3. The average Bonchev–Trinajstić information content (AvgIpc) is 2.73. The highest BCUT2D eigenvalue weighted by molar-refractivity contribution is 6.46. The van der Waals surface area contributed by atoms with Crippen LogP contribution in [-0.4, -0.2) is 35.8 Å². The number of halogens is 1. The Morgan fingerprint density at radius 3 is 2.15 bits per heavy atom. The maximum absolute atomic E-state index is 13.6. The minimum atomic E-state index is -1.53. The molecule has 0 N–H and O–H groups in total. The fraction of sp³-hybridized carbons (Fsp3) is 0.889. The number of esters is 2. The molecule has 0 unspecified atom stereocenters. The highest BCUT2D eigenvalue weighted by Gasteiger charge is 2.70. The lowest BCUT2D eigenvalue weighted by molar-refractivity contribution is -0.233. The van der Waals surface area contributed by atoms with Gasteiger partial charge in [0.1, 0.15) is 6.10 Å². The summed E-state index contributed by atoms with van der Waals surface area (Å²) in [5.41, 5.74) is -0.155. The third-order valence-electron chi connectivity index (χ3n) is 11.3. The van der Waals surface area contributed by atoms with Gasteiger partial charge in [-0.1, -0.05) is 46.2 Å². The molecule has 0 aromatic rings. The molecule has 4 saturated carbocycles. The normalized spacial score (nSPS) is 48.7. The molecular formula is C27H41ClO5. The van der Waals surface area contributed by atoms with E-state index >= 15 is 0 Å². The zero-order chi connectivity index (χ0) is 24.6. The molecule has 0 aliphatic heterocycles. The molecule has 8 atom stereocenters. The second-order valence-electron chi connectivity index (χ2n) is 12.7. The molecule has 0 aromatic heterocycles. The van der Waals surface area contributed by atoms with Gasteiger partial charge < -0.3 is 9.47 Å². The summed E-state index contributed by atoms with van der Waals surface area (Å²) in [4.78, 5) is 36.3. The van der Waals surface area contributed by atoms with Crippen LogP contribution in [0.5, 0.6) is 0 Å². The van der Waals surface area contributed by atoms with Crippen LogP contribution in [-0.2, 0) is 23.9 Å². The first kappa shape index (κ1) is 25.0. The van der Waals surface area contributed by atoms with Gasteiger partial charge in [0.25, 0.3) is 0 Å². The molecule has 0 saturated heterocycles. The van der Waals surface area contributed by atoms with Gasteiger partial charge in [-0.05, 0) is 79.4 Å². The van der Waals surface area contributed by atoms with Crippen molar-refractivity contribution >= 4 is 29.3 Å². The fourth-order valence-electron chi connectivity index (χ4n) is 9.40. The average molecular weight is 481 g/mol. The molecule has 0 amide bonds. The van der Waals surface area contributed by atoms with Crippen molar-refractivity contribution in [1.29, 1.82) is 0 Å². The van der Waals surface area contributed by atoms with E-state index < -0.39 is 10.8 Å². The van der Waals surface area contributed by atoms with Crippen LogP contribution >= 0.6 is 11.6 Å². The van der Waals surface area contributed by atoms with E-state index in [1.54, 1.807) is 0 Å². The Kier molecular flexibility index (Phi) is 5.83. The second kappa shape index (κ2) is 7.70. The molecular weight excluding hydrogens is 440 g/mol. The summed E-state index contributed by atoms with van der Waals surface area (Å²) in [5.74, 6) is -0.199. The summed E-state index contributed by atoms with van der Waals surface area (Å²) in [5, 5.41) is 0. The third-order valence-corrected chi connectivity index (χ3v) is 11.8. The Bertz CT molecular complexity index is 869. The maximum atomic E-state index is 13.6. The van der Waals surface area contributed by atoms with E-state index in [1.807, 2.05) is 0 Å². The first-order valence-electron chi connectivity index (χ1n) is 12.7. The molecule has 4 aliphatic carbocycles. The summed E-state index contributed by atoms with van der Waals surface area (Å²) < 4.78 is 10.7. The Morgan fingerprint density at radius 2 is 1.55 bits per heavy atom. The number of fused-ring (bicyclic) bond motifs is 5. The molecule has 0 heterocycles. The summed E-state index contributed by atoms with van der Waals surface area (Å²) >= 11 is 6.65. The summed E-state index contributed by atoms with van der Waals surface area (Å²) in [6.07, 6.45) is 6.83. The Morgan fingerprint density at radius 1 is 0.879 bits per heavy atom. The van der Waals surface area contributed by atoms with E-state index in [9.17, 15) is 14.4 Å². The van der Waals surface area contributed by atoms with E-state index in [0.29, 0.717) is 18.3 Å². The molecule has 6 heteroatoms. The number of rotatable bonds is 2. The molecule has 4 rings (SSSR count). The van der Waals surface area contributed by atoms with Crippen molar-refractivity contribution in [3.63, 3.8) is 0 Å². The molecule has 33 heavy (non-hydrogen) atoms. The number of carbonyl (C=O) groups excluding carboxylic acids is 3. The lowest BCUT2D eigenvalue weighted by Crippen LogP contribution is -2.68. The minimum absolute atomic E-state index is 0.00445. The van der Waals surface area contributed by atoms with E-state index in [2.05, 4.69) is 34.6 Å². The van der Waals surface area contributed by atoms with Gasteiger partial charge in [-0.25, -0.2) is 4.79 Å². The monoisotopic (exact) mass is 480 g/mol. The van der Waals surface area contributed by atoms with Crippen LogP contribution in [0.3, 0.4) is 0 Å². The number of hydrogen-bond donors (Lipinski definition) is 0. The van der Waals surface area contributed by atoms with Crippen LogP contribution in [0.2, 0.25) is 0 Å². The first-order valence-corrected chi connectivity index (χ1v) is 13.0. The standard InChI is InChI=1S/C27H41ClO5/c1-16(29)33-20-11-12-24(4)18(23(20,2)3)10-13-26(6)19(24)9-8-17-21(30)27(28,22(31)32-7)15-14-25(17,26)5/h17-20H,8-15H2,1-7H3/t17-,18+,19-,20+,24+,25-,26-,27+/m1/s1. The molecule has 5 nitrogen and oxygen atoms in total. The van der Waals surface area contributed by atoms with Crippen LogP contribution in [0, 0.1) is 39.4 Å². The van der Waals surface area contributed by atoms with Crippen molar-refractivity contribution in [2.24, 2.45) is 39.4 Å². The quantitative estimate of drug-likeness (QED) is 0.288. The van der Waals surface area contributed by atoms with Gasteiger partial charge >= 0.3 is 11.9 Å². The van der Waals surface area contributed by atoms with Crippen molar-refractivity contribution in [2.75, 3.05) is 7.11 Å². The van der Waals surface area contributed by atoms with Crippen LogP contribution in [0.25, 0.3) is 0 Å². The summed E-state index contributed by atoms with van der Waals surface area (Å²) in [6, 6.07) is 0. The minimum Gasteiger partial charge on any atom is -0.467 e. The van der Waals surface area contributed by atoms with Gasteiger partial charge in [0.2, 0.25) is 0 Å². The van der Waals surface area contributed by atoms with E-state index in [1.165, 1.54) is 14.0 Å². The lowest BCUT2D eigenvalue weighted by Gasteiger charge is -2.71. The molecule has 4 fully saturated rings. The summed E-state index contributed by atoms with van der Waals surface area (Å²) in [6.45, 7) is 13.2. The van der Waals surface area contributed by atoms with Gasteiger partial charge in [0, 0.05) is 18.3 Å². The van der Waals surface area contributed by atoms with Crippen molar-refractivity contribution in [1.82, 2.24) is 0 Å².